The van der Waals surface area contributed by atoms with E-state index in [9.17, 15) is 8.42 Å². The number of rotatable bonds is 4. The van der Waals surface area contributed by atoms with Crippen LogP contribution >= 0.6 is 11.8 Å². The highest BCUT2D eigenvalue weighted by Gasteiger charge is 2.30. The van der Waals surface area contributed by atoms with Crippen LogP contribution in [0.25, 0.3) is 0 Å². The Morgan fingerprint density at radius 2 is 2.44 bits per heavy atom. The van der Waals surface area contributed by atoms with Crippen molar-refractivity contribution in [3.63, 3.8) is 0 Å². The van der Waals surface area contributed by atoms with Crippen molar-refractivity contribution in [1.82, 2.24) is 9.55 Å². The van der Waals surface area contributed by atoms with Gasteiger partial charge in [0.25, 0.3) is 0 Å². The molecule has 0 amide bonds. The van der Waals surface area contributed by atoms with Crippen molar-refractivity contribution in [2.45, 2.75) is 17.6 Å². The van der Waals surface area contributed by atoms with Gasteiger partial charge in [0.1, 0.15) is 0 Å². The zero-order valence-electron chi connectivity index (χ0n) is 8.74. The maximum atomic E-state index is 11.4. The Balaban J connectivity index is 2.12. The molecule has 1 saturated heterocycles. The molecule has 2 heterocycles. The lowest BCUT2D eigenvalue weighted by Crippen LogP contribution is -2.11. The molecule has 90 valence electrons. The quantitative estimate of drug-likeness (QED) is 0.792. The van der Waals surface area contributed by atoms with E-state index in [0.717, 1.165) is 5.16 Å². The van der Waals surface area contributed by atoms with Crippen LogP contribution in [0.1, 0.15) is 12.5 Å². The molecule has 7 heteroatoms. The molecule has 0 bridgehead atoms. The fourth-order valence-corrected chi connectivity index (χ4v) is 4.30. The van der Waals surface area contributed by atoms with Gasteiger partial charge in [-0.05, 0) is 6.42 Å². The molecular weight excluding hydrogens is 248 g/mol. The van der Waals surface area contributed by atoms with Crippen LogP contribution in [0.5, 0.6) is 0 Å². The van der Waals surface area contributed by atoms with E-state index in [4.69, 9.17) is 5.11 Å². The lowest BCUT2D eigenvalue weighted by molar-refractivity contribution is 0.322. The number of thioether (sulfide) groups is 1. The van der Waals surface area contributed by atoms with E-state index in [1.54, 1.807) is 6.20 Å². The highest BCUT2D eigenvalue weighted by molar-refractivity contribution is 7.99. The number of hydrogen-bond acceptors (Lipinski definition) is 5. The van der Waals surface area contributed by atoms with Gasteiger partial charge in [0.2, 0.25) is 0 Å². The Bertz CT molecular complexity index is 455. The first-order valence-electron chi connectivity index (χ1n) is 5.09. The molecule has 0 saturated carbocycles. The summed E-state index contributed by atoms with van der Waals surface area (Å²) in [5.74, 6) is 1.05. The van der Waals surface area contributed by atoms with Gasteiger partial charge in [-0.25, -0.2) is 13.4 Å². The molecule has 1 aromatic heterocycles. The molecule has 16 heavy (non-hydrogen) atoms. The Morgan fingerprint density at radius 1 is 1.62 bits per heavy atom. The Hall–Kier alpha value is -0.530. The van der Waals surface area contributed by atoms with E-state index in [0.29, 0.717) is 12.2 Å². The van der Waals surface area contributed by atoms with Gasteiger partial charge < -0.3 is 9.67 Å². The third-order valence-electron chi connectivity index (χ3n) is 2.56. The summed E-state index contributed by atoms with van der Waals surface area (Å²) in [6, 6.07) is 0.00805. The first kappa shape index (κ1) is 11.9. The third-order valence-corrected chi connectivity index (χ3v) is 5.27. The second-order valence-corrected chi connectivity index (χ2v) is 7.04. The maximum absolute atomic E-state index is 11.4. The standard InChI is InChI=1S/C9H14N2O3S2/c12-4-5-15-9-10-2-3-11(9)8-1-6-16(13,14)7-8/h2-3,8,12H,1,4-7H2. The average molecular weight is 262 g/mol. The van der Waals surface area contributed by atoms with Gasteiger partial charge in [0.05, 0.1) is 24.2 Å². The minimum atomic E-state index is -2.87. The van der Waals surface area contributed by atoms with Gasteiger partial charge in [-0.15, -0.1) is 0 Å². The van der Waals surface area contributed by atoms with Gasteiger partial charge in [-0.1, -0.05) is 11.8 Å². The minimum absolute atomic E-state index is 0.00805. The van der Waals surface area contributed by atoms with E-state index in [1.807, 2.05) is 10.8 Å². The summed E-state index contributed by atoms with van der Waals surface area (Å²) in [7, 11) is -2.87. The van der Waals surface area contributed by atoms with Gasteiger partial charge in [0, 0.05) is 18.1 Å². The topological polar surface area (TPSA) is 72.2 Å². The average Bonchev–Trinajstić information content (AvgIpc) is 2.81. The second-order valence-electron chi connectivity index (χ2n) is 3.75. The van der Waals surface area contributed by atoms with E-state index in [2.05, 4.69) is 4.98 Å². The molecule has 1 unspecified atom stereocenters. The van der Waals surface area contributed by atoms with Crippen LogP contribution in [0.2, 0.25) is 0 Å². The van der Waals surface area contributed by atoms with E-state index < -0.39 is 9.84 Å². The predicted octanol–water partition coefficient (Wildman–Crippen LogP) is 0.327. The zero-order chi connectivity index (χ0) is 11.6. The molecule has 0 aliphatic carbocycles. The number of imidazole rings is 1. The number of aliphatic hydroxyl groups excluding tert-OH is 1. The van der Waals surface area contributed by atoms with Gasteiger partial charge in [-0.3, -0.25) is 0 Å². The molecular formula is C9H14N2O3S2. The second kappa shape index (κ2) is 4.77. The monoisotopic (exact) mass is 262 g/mol. The molecule has 1 N–H and O–H groups in total. The van der Waals surface area contributed by atoms with E-state index >= 15 is 0 Å². The van der Waals surface area contributed by atoms with Crippen LogP contribution < -0.4 is 0 Å². The number of nitrogens with zero attached hydrogens (tertiary/aromatic N) is 2. The number of aromatic nitrogens is 2. The first-order valence-corrected chi connectivity index (χ1v) is 7.90. The third kappa shape index (κ3) is 2.58. The molecule has 1 fully saturated rings. The van der Waals surface area contributed by atoms with Crippen molar-refractivity contribution >= 4 is 21.6 Å². The SMILES string of the molecule is O=S1(=O)CCC(n2ccnc2SCCO)C1. The van der Waals surface area contributed by atoms with Gasteiger partial charge in [-0.2, -0.15) is 0 Å². The van der Waals surface area contributed by atoms with Gasteiger partial charge >= 0.3 is 0 Å². The van der Waals surface area contributed by atoms with E-state index in [-0.39, 0.29) is 24.2 Å². The normalized spacial score (nSPS) is 23.7. The Morgan fingerprint density at radius 3 is 3.06 bits per heavy atom. The van der Waals surface area contributed by atoms with Crippen LogP contribution in [0.4, 0.5) is 0 Å². The van der Waals surface area contributed by atoms with Crippen LogP contribution in [-0.4, -0.2) is 46.9 Å². The Labute approximate surface area is 98.8 Å². The van der Waals surface area contributed by atoms with E-state index in [1.165, 1.54) is 11.8 Å². The summed E-state index contributed by atoms with van der Waals surface area (Å²) in [4.78, 5) is 4.17. The van der Waals surface area contributed by atoms with Crippen molar-refractivity contribution in [1.29, 1.82) is 0 Å². The molecule has 1 aliphatic heterocycles. The van der Waals surface area contributed by atoms with Crippen LogP contribution in [0, 0.1) is 0 Å². The molecule has 2 rings (SSSR count). The summed E-state index contributed by atoms with van der Waals surface area (Å²) in [5.41, 5.74) is 0. The molecule has 1 aliphatic rings. The highest BCUT2D eigenvalue weighted by atomic mass is 32.2. The Kier molecular flexibility index (Phi) is 3.56. The summed E-state index contributed by atoms with van der Waals surface area (Å²) in [6.45, 7) is 0.0977. The van der Waals surface area contributed by atoms with Crippen molar-refractivity contribution in [2.24, 2.45) is 0 Å². The van der Waals surface area contributed by atoms with Crippen LogP contribution in [0.15, 0.2) is 17.6 Å². The number of aliphatic hydroxyl groups is 1. The molecule has 1 aromatic rings. The predicted molar refractivity (Wildman–Crippen MR) is 62.3 cm³/mol. The number of hydrogen-bond donors (Lipinski definition) is 1. The fourth-order valence-electron chi connectivity index (χ4n) is 1.82. The van der Waals surface area contributed by atoms with Crippen molar-refractivity contribution in [3.8, 4) is 0 Å². The van der Waals surface area contributed by atoms with Crippen LogP contribution in [0.3, 0.4) is 0 Å². The van der Waals surface area contributed by atoms with Crippen molar-refractivity contribution in [2.75, 3.05) is 23.9 Å². The number of sulfone groups is 1. The smallest absolute Gasteiger partial charge is 0.168 e. The molecule has 0 radical (unpaired) electrons. The molecule has 0 spiro atoms. The summed E-state index contributed by atoms with van der Waals surface area (Å²) < 4.78 is 24.7. The van der Waals surface area contributed by atoms with Crippen molar-refractivity contribution in [3.05, 3.63) is 12.4 Å². The highest BCUT2D eigenvalue weighted by Crippen LogP contribution is 2.28. The summed E-state index contributed by atoms with van der Waals surface area (Å²) in [6.07, 6.45) is 4.14. The minimum Gasteiger partial charge on any atom is -0.396 e. The summed E-state index contributed by atoms with van der Waals surface area (Å²) in [5, 5.41) is 9.54. The molecule has 5 nitrogen and oxygen atoms in total. The maximum Gasteiger partial charge on any atom is 0.168 e. The fraction of sp³-hybridized carbons (Fsp3) is 0.667. The lowest BCUT2D eigenvalue weighted by atomic mass is 10.3. The molecule has 1 atom stereocenters. The summed E-state index contributed by atoms with van der Waals surface area (Å²) >= 11 is 1.45. The zero-order valence-corrected chi connectivity index (χ0v) is 10.4. The van der Waals surface area contributed by atoms with Crippen molar-refractivity contribution < 1.29 is 13.5 Å². The van der Waals surface area contributed by atoms with Gasteiger partial charge in [0.15, 0.2) is 15.0 Å². The molecule has 0 aromatic carbocycles. The van der Waals surface area contributed by atoms with Crippen LogP contribution in [-0.2, 0) is 9.84 Å². The first-order chi connectivity index (χ1) is 7.62. The largest absolute Gasteiger partial charge is 0.396 e. The lowest BCUT2D eigenvalue weighted by Gasteiger charge is -2.12.